The van der Waals surface area contributed by atoms with Crippen molar-refractivity contribution in [3.8, 4) is 5.75 Å². The molecule has 0 bridgehead atoms. The molecule has 0 spiro atoms. The van der Waals surface area contributed by atoms with Gasteiger partial charge in [0.25, 0.3) is 0 Å². The third-order valence-electron chi connectivity index (χ3n) is 3.73. The van der Waals surface area contributed by atoms with E-state index in [-0.39, 0.29) is 23.7 Å². The van der Waals surface area contributed by atoms with Crippen molar-refractivity contribution in [2.75, 3.05) is 11.5 Å². The van der Waals surface area contributed by atoms with Gasteiger partial charge in [0.2, 0.25) is 0 Å². The summed E-state index contributed by atoms with van der Waals surface area (Å²) in [7, 11) is -2.88. The lowest BCUT2D eigenvalue weighted by molar-refractivity contribution is 0.228. The number of hydrogen-bond donors (Lipinski definition) is 1. The first-order valence-electron chi connectivity index (χ1n) is 6.29. The zero-order valence-corrected chi connectivity index (χ0v) is 10.9. The fraction of sp³-hybridized carbons (Fsp3) is 0.538. The van der Waals surface area contributed by atoms with Crippen LogP contribution in [-0.2, 0) is 16.3 Å². The summed E-state index contributed by atoms with van der Waals surface area (Å²) in [6.07, 6.45) is 2.37. The Bertz CT molecular complexity index is 568. The lowest BCUT2D eigenvalue weighted by Crippen LogP contribution is -2.17. The van der Waals surface area contributed by atoms with Crippen molar-refractivity contribution in [1.29, 1.82) is 0 Å². The Morgan fingerprint density at radius 3 is 2.83 bits per heavy atom. The van der Waals surface area contributed by atoms with Gasteiger partial charge in [-0.25, -0.2) is 8.42 Å². The van der Waals surface area contributed by atoms with Gasteiger partial charge >= 0.3 is 0 Å². The lowest BCUT2D eigenvalue weighted by atomic mass is 10.1. The van der Waals surface area contributed by atoms with Crippen LogP contribution in [0.3, 0.4) is 0 Å². The maximum atomic E-state index is 11.4. The van der Waals surface area contributed by atoms with Crippen LogP contribution >= 0.6 is 0 Å². The van der Waals surface area contributed by atoms with E-state index in [1.165, 1.54) is 11.1 Å². The number of nitrogens with two attached hydrogens (primary N) is 1. The zero-order valence-electron chi connectivity index (χ0n) is 10.1. The average molecular weight is 267 g/mol. The number of sulfone groups is 1. The molecule has 2 atom stereocenters. The van der Waals surface area contributed by atoms with E-state index in [2.05, 4.69) is 0 Å². The Balaban J connectivity index is 1.75. The van der Waals surface area contributed by atoms with Crippen molar-refractivity contribution >= 4 is 9.84 Å². The Labute approximate surface area is 107 Å². The van der Waals surface area contributed by atoms with E-state index in [0.29, 0.717) is 6.42 Å². The maximum Gasteiger partial charge on any atom is 0.154 e. The molecule has 0 radical (unpaired) electrons. The van der Waals surface area contributed by atoms with E-state index < -0.39 is 9.84 Å². The Kier molecular flexibility index (Phi) is 2.83. The molecule has 1 aliphatic heterocycles. The van der Waals surface area contributed by atoms with Gasteiger partial charge in [-0.3, -0.25) is 0 Å². The lowest BCUT2D eigenvalue weighted by Gasteiger charge is -2.13. The van der Waals surface area contributed by atoms with Gasteiger partial charge < -0.3 is 10.5 Å². The number of rotatable bonds is 2. The van der Waals surface area contributed by atoms with Gasteiger partial charge in [0.15, 0.2) is 9.84 Å². The van der Waals surface area contributed by atoms with Crippen LogP contribution in [-0.4, -0.2) is 26.0 Å². The molecular formula is C13H17NO3S. The van der Waals surface area contributed by atoms with Crippen LogP contribution < -0.4 is 10.5 Å². The number of aryl methyl sites for hydroxylation is 1. The summed E-state index contributed by atoms with van der Waals surface area (Å²) < 4.78 is 28.5. The Morgan fingerprint density at radius 2 is 2.11 bits per heavy atom. The normalized spacial score (nSPS) is 29.2. The van der Waals surface area contributed by atoms with Gasteiger partial charge in [-0.2, -0.15) is 0 Å². The molecule has 1 unspecified atom stereocenters. The Hall–Kier alpha value is -1.07. The number of hydrogen-bond acceptors (Lipinski definition) is 4. The van der Waals surface area contributed by atoms with Crippen LogP contribution in [0, 0.1) is 0 Å². The van der Waals surface area contributed by atoms with Gasteiger partial charge in [-0.1, -0.05) is 6.07 Å². The van der Waals surface area contributed by atoms with Crippen molar-refractivity contribution in [2.45, 2.75) is 31.4 Å². The first-order chi connectivity index (χ1) is 8.53. The van der Waals surface area contributed by atoms with E-state index >= 15 is 0 Å². The molecule has 18 heavy (non-hydrogen) atoms. The third-order valence-corrected chi connectivity index (χ3v) is 5.47. The molecule has 1 aliphatic carbocycles. The van der Waals surface area contributed by atoms with Gasteiger partial charge in [0.05, 0.1) is 11.5 Å². The molecule has 98 valence electrons. The topological polar surface area (TPSA) is 69.4 Å². The molecule has 0 amide bonds. The second-order valence-electron chi connectivity index (χ2n) is 5.15. The molecule has 1 heterocycles. The Morgan fingerprint density at radius 1 is 1.28 bits per heavy atom. The monoisotopic (exact) mass is 267 g/mol. The van der Waals surface area contributed by atoms with Gasteiger partial charge in [-0.05, 0) is 42.5 Å². The SMILES string of the molecule is N[C@@H]1CCc2cc(OC3CCS(=O)(=O)C3)ccc21. The second-order valence-corrected chi connectivity index (χ2v) is 7.38. The van der Waals surface area contributed by atoms with Crippen molar-refractivity contribution in [2.24, 2.45) is 5.73 Å². The summed E-state index contributed by atoms with van der Waals surface area (Å²) in [6.45, 7) is 0. The van der Waals surface area contributed by atoms with Gasteiger partial charge in [0.1, 0.15) is 11.9 Å². The van der Waals surface area contributed by atoms with Crippen molar-refractivity contribution in [1.82, 2.24) is 0 Å². The minimum absolute atomic E-state index is 0.140. The molecule has 1 fully saturated rings. The molecule has 5 heteroatoms. The van der Waals surface area contributed by atoms with Gasteiger partial charge in [-0.15, -0.1) is 0 Å². The predicted molar refractivity (Wildman–Crippen MR) is 69.4 cm³/mol. The quantitative estimate of drug-likeness (QED) is 0.874. The van der Waals surface area contributed by atoms with Crippen molar-refractivity contribution < 1.29 is 13.2 Å². The van der Waals surface area contributed by atoms with Crippen LogP contribution in [0.15, 0.2) is 18.2 Å². The first kappa shape index (κ1) is 12.0. The summed E-state index contributed by atoms with van der Waals surface area (Å²) in [6, 6.07) is 6.05. The van der Waals surface area contributed by atoms with Crippen molar-refractivity contribution in [3.63, 3.8) is 0 Å². The highest BCUT2D eigenvalue weighted by atomic mass is 32.2. The molecule has 0 aromatic heterocycles. The van der Waals surface area contributed by atoms with Crippen LogP contribution in [0.1, 0.15) is 30.0 Å². The van der Waals surface area contributed by atoms with Crippen LogP contribution in [0.2, 0.25) is 0 Å². The predicted octanol–water partition coefficient (Wildman–Crippen LogP) is 1.20. The van der Waals surface area contributed by atoms with Crippen LogP contribution in [0.4, 0.5) is 0 Å². The molecule has 1 aromatic rings. The van der Waals surface area contributed by atoms with E-state index in [0.717, 1.165) is 18.6 Å². The number of fused-ring (bicyclic) bond motifs is 1. The molecule has 1 aromatic carbocycles. The third kappa shape index (κ3) is 2.24. The summed E-state index contributed by atoms with van der Waals surface area (Å²) in [5.41, 5.74) is 8.41. The van der Waals surface area contributed by atoms with E-state index in [9.17, 15) is 8.42 Å². The van der Waals surface area contributed by atoms with Crippen molar-refractivity contribution in [3.05, 3.63) is 29.3 Å². The molecule has 0 saturated carbocycles. The standard InChI is InChI=1S/C13H17NO3S/c14-13-4-1-9-7-10(2-3-12(9)13)17-11-5-6-18(15,16)8-11/h2-3,7,11,13H,1,4-6,8,14H2/t11?,13-/m1/s1. The fourth-order valence-corrected chi connectivity index (χ4v) is 4.34. The highest BCUT2D eigenvalue weighted by molar-refractivity contribution is 7.91. The number of ether oxygens (including phenoxy) is 1. The zero-order chi connectivity index (χ0) is 12.8. The van der Waals surface area contributed by atoms with E-state index in [1.54, 1.807) is 0 Å². The minimum atomic E-state index is -2.88. The number of benzene rings is 1. The average Bonchev–Trinajstić information content (AvgIpc) is 2.83. The molecule has 3 rings (SSSR count). The summed E-state index contributed by atoms with van der Waals surface area (Å²) >= 11 is 0. The summed E-state index contributed by atoms with van der Waals surface area (Å²) in [4.78, 5) is 0. The maximum absolute atomic E-state index is 11.4. The fourth-order valence-electron chi connectivity index (χ4n) is 2.75. The first-order valence-corrected chi connectivity index (χ1v) is 8.11. The summed E-state index contributed by atoms with van der Waals surface area (Å²) in [5.74, 6) is 1.15. The molecular weight excluding hydrogens is 250 g/mol. The van der Waals surface area contributed by atoms with Crippen LogP contribution in [0.25, 0.3) is 0 Å². The highest BCUT2D eigenvalue weighted by Gasteiger charge is 2.29. The smallest absolute Gasteiger partial charge is 0.154 e. The largest absolute Gasteiger partial charge is 0.489 e. The summed E-state index contributed by atoms with van der Waals surface area (Å²) in [5, 5.41) is 0. The van der Waals surface area contributed by atoms with Gasteiger partial charge in [0, 0.05) is 6.04 Å². The van der Waals surface area contributed by atoms with Crippen LogP contribution in [0.5, 0.6) is 5.75 Å². The second kappa shape index (κ2) is 4.24. The molecule has 1 saturated heterocycles. The molecule has 2 aliphatic rings. The highest BCUT2D eigenvalue weighted by Crippen LogP contribution is 2.32. The minimum Gasteiger partial charge on any atom is -0.489 e. The molecule has 2 N–H and O–H groups in total. The molecule has 4 nitrogen and oxygen atoms in total. The van der Waals surface area contributed by atoms with E-state index in [4.69, 9.17) is 10.5 Å². The van der Waals surface area contributed by atoms with E-state index in [1.807, 2.05) is 18.2 Å².